The first kappa shape index (κ1) is 10.7. The molecule has 2 heteroatoms. The maximum Gasteiger partial charge on any atom is 0.0739 e. The van der Waals surface area contributed by atoms with Gasteiger partial charge in [0.25, 0.3) is 0 Å². The molecule has 0 heterocycles. The fourth-order valence-electron chi connectivity index (χ4n) is 1.62. The van der Waals surface area contributed by atoms with Gasteiger partial charge in [-0.3, -0.25) is 0 Å². The summed E-state index contributed by atoms with van der Waals surface area (Å²) in [5, 5.41) is 0. The Labute approximate surface area is 91.4 Å². The molecule has 0 aromatic heterocycles. The molecule has 0 spiro atoms. The van der Waals surface area contributed by atoms with Gasteiger partial charge in [-0.15, -0.1) is 0 Å². The number of benzene rings is 1. The van der Waals surface area contributed by atoms with Gasteiger partial charge in [-0.1, -0.05) is 30.3 Å². The minimum absolute atomic E-state index is 0.00931. The predicted molar refractivity (Wildman–Crippen MR) is 61.5 cm³/mol. The van der Waals surface area contributed by atoms with E-state index in [1.54, 1.807) is 0 Å². The maximum absolute atomic E-state index is 6.12. The van der Waals surface area contributed by atoms with Crippen molar-refractivity contribution in [2.75, 3.05) is 6.61 Å². The third-order valence-electron chi connectivity index (χ3n) is 2.98. The molecule has 1 aromatic carbocycles. The van der Waals surface area contributed by atoms with Crippen LogP contribution in [0.5, 0.6) is 0 Å². The second-order valence-corrected chi connectivity index (χ2v) is 4.42. The average molecular weight is 205 g/mol. The van der Waals surface area contributed by atoms with Gasteiger partial charge in [0.15, 0.2) is 0 Å². The monoisotopic (exact) mass is 205 g/mol. The molecule has 2 nitrogen and oxygen atoms in total. The zero-order valence-electron chi connectivity index (χ0n) is 9.23. The highest BCUT2D eigenvalue weighted by atomic mass is 16.5. The van der Waals surface area contributed by atoms with Gasteiger partial charge in [0.1, 0.15) is 0 Å². The molecule has 1 saturated carbocycles. The molecule has 2 rings (SSSR count). The molecule has 0 aliphatic heterocycles. The second kappa shape index (κ2) is 4.77. The lowest BCUT2D eigenvalue weighted by Crippen LogP contribution is -2.26. The number of ether oxygens (including phenoxy) is 1. The Balaban J connectivity index is 1.85. The van der Waals surface area contributed by atoms with Crippen LogP contribution in [0.15, 0.2) is 30.3 Å². The Morgan fingerprint density at radius 3 is 2.60 bits per heavy atom. The minimum Gasteiger partial charge on any atom is -0.376 e. The van der Waals surface area contributed by atoms with Gasteiger partial charge in [0, 0.05) is 6.61 Å². The van der Waals surface area contributed by atoms with Crippen LogP contribution in [0.25, 0.3) is 0 Å². The van der Waals surface area contributed by atoms with E-state index in [9.17, 15) is 0 Å². The van der Waals surface area contributed by atoms with Crippen LogP contribution in [0, 0.1) is 5.92 Å². The largest absolute Gasteiger partial charge is 0.376 e. The Bertz CT molecular complexity index is 295. The maximum atomic E-state index is 6.12. The molecule has 0 radical (unpaired) electrons. The summed E-state index contributed by atoms with van der Waals surface area (Å²) in [6.07, 6.45) is 2.76. The number of hydrogen-bond donors (Lipinski definition) is 1. The summed E-state index contributed by atoms with van der Waals surface area (Å²) in [6, 6.07) is 10.1. The number of nitrogens with two attached hydrogens (primary N) is 1. The fourth-order valence-corrected chi connectivity index (χ4v) is 1.62. The van der Waals surface area contributed by atoms with E-state index in [0.717, 1.165) is 18.1 Å². The van der Waals surface area contributed by atoms with Crippen molar-refractivity contribution in [3.8, 4) is 0 Å². The van der Waals surface area contributed by atoms with Gasteiger partial charge in [-0.05, 0) is 31.2 Å². The van der Waals surface area contributed by atoms with Crippen LogP contribution in [0.4, 0.5) is 0 Å². The van der Waals surface area contributed by atoms with E-state index in [-0.39, 0.29) is 12.1 Å². The van der Waals surface area contributed by atoms with Gasteiger partial charge in [-0.25, -0.2) is 0 Å². The molecule has 0 bridgehead atoms. The van der Waals surface area contributed by atoms with Crippen molar-refractivity contribution in [1.82, 2.24) is 0 Å². The van der Waals surface area contributed by atoms with E-state index in [0.29, 0.717) is 0 Å². The summed E-state index contributed by atoms with van der Waals surface area (Å²) in [5.41, 5.74) is 7.27. The Morgan fingerprint density at radius 2 is 2.00 bits per heavy atom. The van der Waals surface area contributed by atoms with Crippen LogP contribution < -0.4 is 5.73 Å². The summed E-state index contributed by atoms with van der Waals surface area (Å²) in [5.74, 6) is 0.801. The molecule has 1 fully saturated rings. The molecule has 1 aliphatic rings. The average Bonchev–Trinajstić information content (AvgIpc) is 3.10. The van der Waals surface area contributed by atoms with Crippen molar-refractivity contribution in [2.45, 2.75) is 31.9 Å². The SMILES string of the molecule is CC(OCC1CC1)C(N)c1ccccc1. The van der Waals surface area contributed by atoms with Crippen molar-refractivity contribution in [3.63, 3.8) is 0 Å². The van der Waals surface area contributed by atoms with Gasteiger partial charge >= 0.3 is 0 Å². The lowest BCUT2D eigenvalue weighted by atomic mass is 10.0. The summed E-state index contributed by atoms with van der Waals surface area (Å²) >= 11 is 0. The fraction of sp³-hybridized carbons (Fsp3) is 0.538. The van der Waals surface area contributed by atoms with Gasteiger partial charge in [0.05, 0.1) is 12.1 Å². The zero-order valence-corrected chi connectivity index (χ0v) is 9.23. The predicted octanol–water partition coefficient (Wildman–Crippen LogP) is 2.50. The highest BCUT2D eigenvalue weighted by Crippen LogP contribution is 2.30. The van der Waals surface area contributed by atoms with Crippen LogP contribution in [0.2, 0.25) is 0 Å². The van der Waals surface area contributed by atoms with E-state index >= 15 is 0 Å². The number of rotatable bonds is 5. The van der Waals surface area contributed by atoms with Gasteiger partial charge < -0.3 is 10.5 Å². The Hall–Kier alpha value is -0.860. The van der Waals surface area contributed by atoms with Crippen molar-refractivity contribution in [2.24, 2.45) is 11.7 Å². The van der Waals surface area contributed by atoms with Gasteiger partial charge in [-0.2, -0.15) is 0 Å². The summed E-state index contributed by atoms with van der Waals surface area (Å²) in [7, 11) is 0. The molecule has 2 unspecified atom stereocenters. The molecule has 82 valence electrons. The molecule has 2 N–H and O–H groups in total. The highest BCUT2D eigenvalue weighted by molar-refractivity contribution is 5.19. The van der Waals surface area contributed by atoms with E-state index in [1.807, 2.05) is 18.2 Å². The van der Waals surface area contributed by atoms with Crippen molar-refractivity contribution in [3.05, 3.63) is 35.9 Å². The second-order valence-electron chi connectivity index (χ2n) is 4.42. The third-order valence-corrected chi connectivity index (χ3v) is 2.98. The quantitative estimate of drug-likeness (QED) is 0.801. The van der Waals surface area contributed by atoms with Crippen molar-refractivity contribution >= 4 is 0 Å². The zero-order chi connectivity index (χ0) is 10.7. The Morgan fingerprint density at radius 1 is 1.33 bits per heavy atom. The molecule has 1 aromatic rings. The van der Waals surface area contributed by atoms with Crippen LogP contribution in [-0.4, -0.2) is 12.7 Å². The standard InChI is InChI=1S/C13H19NO/c1-10(15-9-11-7-8-11)13(14)12-5-3-2-4-6-12/h2-6,10-11,13H,7-9,14H2,1H3. The van der Waals surface area contributed by atoms with E-state index < -0.39 is 0 Å². The van der Waals surface area contributed by atoms with E-state index in [1.165, 1.54) is 12.8 Å². The minimum atomic E-state index is -0.00931. The smallest absolute Gasteiger partial charge is 0.0739 e. The van der Waals surface area contributed by atoms with Gasteiger partial charge in [0.2, 0.25) is 0 Å². The van der Waals surface area contributed by atoms with E-state index in [4.69, 9.17) is 10.5 Å². The summed E-state index contributed by atoms with van der Waals surface area (Å²) in [4.78, 5) is 0. The normalized spacial score (nSPS) is 19.9. The van der Waals surface area contributed by atoms with E-state index in [2.05, 4.69) is 19.1 Å². The molecule has 1 aliphatic carbocycles. The molecule has 0 saturated heterocycles. The van der Waals surface area contributed by atoms with Crippen LogP contribution in [0.3, 0.4) is 0 Å². The van der Waals surface area contributed by atoms with Crippen LogP contribution >= 0.6 is 0 Å². The molecule has 2 atom stereocenters. The highest BCUT2D eigenvalue weighted by Gasteiger charge is 2.24. The molecule has 0 amide bonds. The first-order chi connectivity index (χ1) is 7.27. The first-order valence-electron chi connectivity index (χ1n) is 5.69. The molecular formula is C13H19NO. The molecule has 15 heavy (non-hydrogen) atoms. The third kappa shape index (κ3) is 3.05. The van der Waals surface area contributed by atoms with Crippen LogP contribution in [0.1, 0.15) is 31.4 Å². The summed E-state index contributed by atoms with van der Waals surface area (Å²) in [6.45, 7) is 2.93. The van der Waals surface area contributed by atoms with Crippen molar-refractivity contribution in [1.29, 1.82) is 0 Å². The first-order valence-corrected chi connectivity index (χ1v) is 5.69. The molecular weight excluding hydrogens is 186 g/mol. The van der Waals surface area contributed by atoms with Crippen LogP contribution in [-0.2, 0) is 4.74 Å². The Kier molecular flexibility index (Phi) is 3.39. The lowest BCUT2D eigenvalue weighted by Gasteiger charge is -2.20. The topological polar surface area (TPSA) is 35.2 Å². The summed E-state index contributed by atoms with van der Waals surface area (Å²) < 4.78 is 5.76. The number of hydrogen-bond acceptors (Lipinski definition) is 2. The lowest BCUT2D eigenvalue weighted by molar-refractivity contribution is 0.0410. The van der Waals surface area contributed by atoms with Crippen molar-refractivity contribution < 1.29 is 4.74 Å².